The molecule has 1 atom stereocenters. The van der Waals surface area contributed by atoms with Crippen LogP contribution in [0.25, 0.3) is 0 Å². The third-order valence-electron chi connectivity index (χ3n) is 4.09. The van der Waals surface area contributed by atoms with E-state index in [9.17, 15) is 8.78 Å². The number of unbranched alkanes of at least 4 members (excludes halogenated alkanes) is 1. The predicted molar refractivity (Wildman–Crippen MR) is 82.7 cm³/mol. The molecule has 118 valence electrons. The van der Waals surface area contributed by atoms with Crippen molar-refractivity contribution < 1.29 is 8.78 Å². The van der Waals surface area contributed by atoms with Crippen LogP contribution < -0.4 is 5.32 Å². The van der Waals surface area contributed by atoms with Gasteiger partial charge in [-0.1, -0.05) is 43.7 Å². The van der Waals surface area contributed by atoms with E-state index in [0.29, 0.717) is 6.04 Å². The highest BCUT2D eigenvalue weighted by molar-refractivity contribution is 5.20. The van der Waals surface area contributed by atoms with E-state index in [1.807, 2.05) is 4.90 Å². The first kappa shape index (κ1) is 16.4. The smallest absolute Gasteiger partial charge is 0.285 e. The molecule has 1 heterocycles. The van der Waals surface area contributed by atoms with Crippen LogP contribution in [0, 0.1) is 0 Å². The summed E-state index contributed by atoms with van der Waals surface area (Å²) < 4.78 is 28.9. The van der Waals surface area contributed by atoms with Gasteiger partial charge in [-0.2, -0.15) is 8.78 Å². The molecule has 2 nitrogen and oxygen atoms in total. The third kappa shape index (κ3) is 5.04. The summed E-state index contributed by atoms with van der Waals surface area (Å²) >= 11 is 0. The lowest BCUT2D eigenvalue weighted by Crippen LogP contribution is -2.43. The number of nitrogens with one attached hydrogen (secondary N) is 1. The number of nitrogens with zero attached hydrogens (tertiary/aromatic N) is 1. The summed E-state index contributed by atoms with van der Waals surface area (Å²) in [4.78, 5) is 1.93. The molecule has 1 N–H and O–H groups in total. The van der Waals surface area contributed by atoms with Crippen molar-refractivity contribution in [2.45, 2.75) is 44.6 Å². The second-order valence-electron chi connectivity index (χ2n) is 5.95. The van der Waals surface area contributed by atoms with Crippen LogP contribution in [0.1, 0.15) is 38.2 Å². The molecule has 4 heteroatoms. The van der Waals surface area contributed by atoms with Gasteiger partial charge in [0.2, 0.25) is 0 Å². The van der Waals surface area contributed by atoms with E-state index >= 15 is 0 Å². The molecule has 0 aromatic heterocycles. The largest absolute Gasteiger partial charge is 0.313 e. The van der Waals surface area contributed by atoms with Crippen LogP contribution in [0.2, 0.25) is 0 Å². The normalized spacial score (nSPS) is 19.3. The standard InChI is InChI=1S/C17H26F2N2/c1-2-3-12-21(13-16-10-7-11-20-16)14-17(18,19)15-8-5-4-6-9-15/h4-6,8-9,16,20H,2-3,7,10-14H2,1H3. The number of alkyl halides is 2. The van der Waals surface area contributed by atoms with Gasteiger partial charge in [0.1, 0.15) is 0 Å². The van der Waals surface area contributed by atoms with E-state index < -0.39 is 5.92 Å². The summed E-state index contributed by atoms with van der Waals surface area (Å²) in [7, 11) is 0. The number of hydrogen-bond donors (Lipinski definition) is 1. The Bertz CT molecular complexity index is 403. The molecular weight excluding hydrogens is 270 g/mol. The van der Waals surface area contributed by atoms with Gasteiger partial charge in [-0.25, -0.2) is 0 Å². The summed E-state index contributed by atoms with van der Waals surface area (Å²) in [5.41, 5.74) is 0.117. The SMILES string of the molecule is CCCCN(CC1CCCN1)CC(F)(F)c1ccccc1. The summed E-state index contributed by atoms with van der Waals surface area (Å²) in [6, 6.07) is 8.54. The average Bonchev–Trinajstić information content (AvgIpc) is 2.98. The number of rotatable bonds is 8. The summed E-state index contributed by atoms with van der Waals surface area (Å²) in [5.74, 6) is -2.78. The molecule has 0 saturated carbocycles. The van der Waals surface area contributed by atoms with Gasteiger partial charge in [-0.3, -0.25) is 4.90 Å². The average molecular weight is 296 g/mol. The Balaban J connectivity index is 1.98. The zero-order valence-electron chi connectivity index (χ0n) is 12.8. The monoisotopic (exact) mass is 296 g/mol. The van der Waals surface area contributed by atoms with Gasteiger partial charge < -0.3 is 5.32 Å². The molecule has 1 aromatic carbocycles. The van der Waals surface area contributed by atoms with Crippen molar-refractivity contribution in [3.05, 3.63) is 35.9 Å². The van der Waals surface area contributed by atoms with E-state index in [1.165, 1.54) is 12.1 Å². The predicted octanol–water partition coefficient (Wildman–Crippen LogP) is 3.63. The van der Waals surface area contributed by atoms with Crippen molar-refractivity contribution in [3.8, 4) is 0 Å². The van der Waals surface area contributed by atoms with E-state index in [0.717, 1.165) is 45.3 Å². The van der Waals surface area contributed by atoms with Gasteiger partial charge in [0.15, 0.2) is 0 Å². The fraction of sp³-hybridized carbons (Fsp3) is 0.647. The van der Waals surface area contributed by atoms with Gasteiger partial charge in [0.25, 0.3) is 5.92 Å². The van der Waals surface area contributed by atoms with Crippen molar-refractivity contribution in [1.29, 1.82) is 0 Å². The van der Waals surface area contributed by atoms with Crippen molar-refractivity contribution in [2.75, 3.05) is 26.2 Å². The fourth-order valence-electron chi connectivity index (χ4n) is 2.89. The summed E-state index contributed by atoms with van der Waals surface area (Å²) in [5, 5.41) is 3.40. The van der Waals surface area contributed by atoms with Gasteiger partial charge in [-0.15, -0.1) is 0 Å². The minimum absolute atomic E-state index is 0.117. The molecule has 0 radical (unpaired) electrons. The topological polar surface area (TPSA) is 15.3 Å². The maximum absolute atomic E-state index is 14.4. The second kappa shape index (κ2) is 7.85. The first-order chi connectivity index (χ1) is 10.1. The van der Waals surface area contributed by atoms with Gasteiger partial charge in [0, 0.05) is 18.2 Å². The molecule has 1 saturated heterocycles. The number of halogens is 2. The zero-order valence-corrected chi connectivity index (χ0v) is 12.8. The Labute approximate surface area is 126 Å². The lowest BCUT2D eigenvalue weighted by molar-refractivity contribution is -0.0396. The van der Waals surface area contributed by atoms with Crippen molar-refractivity contribution in [2.24, 2.45) is 0 Å². The molecule has 1 fully saturated rings. The highest BCUT2D eigenvalue weighted by Gasteiger charge is 2.34. The molecular formula is C17H26F2N2. The van der Waals surface area contributed by atoms with E-state index in [2.05, 4.69) is 12.2 Å². The number of hydrogen-bond acceptors (Lipinski definition) is 2. The van der Waals surface area contributed by atoms with Crippen LogP contribution >= 0.6 is 0 Å². The van der Waals surface area contributed by atoms with Crippen LogP contribution in [0.15, 0.2) is 30.3 Å². The van der Waals surface area contributed by atoms with E-state index in [-0.39, 0.29) is 12.1 Å². The lowest BCUT2D eigenvalue weighted by atomic mass is 10.1. The molecule has 0 spiro atoms. The summed E-state index contributed by atoms with van der Waals surface area (Å²) in [6.45, 7) is 4.40. The van der Waals surface area contributed by atoms with Crippen LogP contribution in [0.4, 0.5) is 8.78 Å². The molecule has 1 aliphatic rings. The summed E-state index contributed by atoms with van der Waals surface area (Å²) in [6.07, 6.45) is 4.25. The third-order valence-corrected chi connectivity index (χ3v) is 4.09. The van der Waals surface area contributed by atoms with Crippen molar-refractivity contribution >= 4 is 0 Å². The van der Waals surface area contributed by atoms with Crippen molar-refractivity contribution in [3.63, 3.8) is 0 Å². The molecule has 2 rings (SSSR count). The van der Waals surface area contributed by atoms with E-state index in [1.54, 1.807) is 18.2 Å². The minimum Gasteiger partial charge on any atom is -0.313 e. The van der Waals surface area contributed by atoms with Gasteiger partial charge in [0.05, 0.1) is 6.54 Å². The van der Waals surface area contributed by atoms with Crippen molar-refractivity contribution in [1.82, 2.24) is 10.2 Å². The Hall–Kier alpha value is -1.00. The molecule has 0 amide bonds. The Morgan fingerprint density at radius 1 is 1.29 bits per heavy atom. The second-order valence-corrected chi connectivity index (χ2v) is 5.95. The highest BCUT2D eigenvalue weighted by atomic mass is 19.3. The fourth-order valence-corrected chi connectivity index (χ4v) is 2.89. The zero-order chi connectivity index (χ0) is 15.1. The highest BCUT2D eigenvalue weighted by Crippen LogP contribution is 2.29. The van der Waals surface area contributed by atoms with Crippen LogP contribution in [0.3, 0.4) is 0 Å². The molecule has 21 heavy (non-hydrogen) atoms. The quantitative estimate of drug-likeness (QED) is 0.788. The Morgan fingerprint density at radius 2 is 2.05 bits per heavy atom. The van der Waals surface area contributed by atoms with Gasteiger partial charge >= 0.3 is 0 Å². The lowest BCUT2D eigenvalue weighted by Gasteiger charge is -2.29. The van der Waals surface area contributed by atoms with Crippen LogP contribution in [-0.2, 0) is 5.92 Å². The maximum atomic E-state index is 14.4. The molecule has 1 aromatic rings. The van der Waals surface area contributed by atoms with Crippen LogP contribution in [-0.4, -0.2) is 37.1 Å². The van der Waals surface area contributed by atoms with E-state index in [4.69, 9.17) is 0 Å². The molecule has 1 unspecified atom stereocenters. The first-order valence-electron chi connectivity index (χ1n) is 8.01. The Kier molecular flexibility index (Phi) is 6.12. The van der Waals surface area contributed by atoms with Crippen LogP contribution in [0.5, 0.6) is 0 Å². The first-order valence-corrected chi connectivity index (χ1v) is 8.01. The minimum atomic E-state index is -2.78. The molecule has 0 bridgehead atoms. The molecule has 0 aliphatic carbocycles. The Morgan fingerprint density at radius 3 is 2.67 bits per heavy atom. The van der Waals surface area contributed by atoms with Gasteiger partial charge in [-0.05, 0) is 32.4 Å². The number of benzene rings is 1. The maximum Gasteiger partial charge on any atom is 0.285 e. The molecule has 1 aliphatic heterocycles.